The van der Waals surface area contributed by atoms with Gasteiger partial charge < -0.3 is 4.57 Å². The van der Waals surface area contributed by atoms with Crippen molar-refractivity contribution in [1.29, 1.82) is 0 Å². The topological polar surface area (TPSA) is 56.5 Å². The van der Waals surface area contributed by atoms with Crippen molar-refractivity contribution in [2.45, 2.75) is 124 Å². The first kappa shape index (κ1) is 49.2. The second-order valence-electron chi connectivity index (χ2n) is 18.6. The van der Waals surface area contributed by atoms with Crippen molar-refractivity contribution < 1.29 is 8.78 Å². The van der Waals surface area contributed by atoms with E-state index in [0.29, 0.717) is 28.1 Å². The van der Waals surface area contributed by atoms with Crippen LogP contribution in [0.15, 0.2) is 72.8 Å². The number of aryl methyl sites for hydroxylation is 2. The molecule has 71 heavy (non-hydrogen) atoms. The van der Waals surface area contributed by atoms with Crippen LogP contribution >= 0.6 is 91.5 Å². The number of nitrogens with zero attached hydrogens (tertiary/aromatic N) is 5. The van der Waals surface area contributed by atoms with Crippen LogP contribution in [0.5, 0.6) is 0 Å². The average Bonchev–Trinajstić information content (AvgIpc) is 4.21. The summed E-state index contributed by atoms with van der Waals surface area (Å²) in [6, 6.07) is 25.2. The molecule has 0 bridgehead atoms. The minimum atomic E-state index is -0.301. The van der Waals surface area contributed by atoms with E-state index in [2.05, 4.69) is 92.9 Å². The van der Waals surface area contributed by atoms with Crippen LogP contribution in [0, 0.1) is 17.6 Å². The molecule has 9 heterocycles. The van der Waals surface area contributed by atoms with Crippen LogP contribution in [-0.4, -0.2) is 22.1 Å². The lowest BCUT2D eigenvalue weighted by Crippen LogP contribution is -2.09. The van der Waals surface area contributed by atoms with Crippen molar-refractivity contribution in [3.05, 3.63) is 94.2 Å². The Balaban J connectivity index is 0.943. The van der Waals surface area contributed by atoms with Gasteiger partial charge in [-0.3, -0.25) is 0 Å². The largest absolute Gasteiger partial charge is 0.339 e. The van der Waals surface area contributed by atoms with Gasteiger partial charge in [0.1, 0.15) is 33.7 Å². The van der Waals surface area contributed by atoms with E-state index >= 15 is 8.78 Å². The summed E-state index contributed by atoms with van der Waals surface area (Å²) in [5.41, 5.74) is 7.34. The minimum absolute atomic E-state index is 0.301. The van der Waals surface area contributed by atoms with Gasteiger partial charge in [-0.25, -0.2) is 8.78 Å². The van der Waals surface area contributed by atoms with Gasteiger partial charge in [0.2, 0.25) is 0 Å². The van der Waals surface area contributed by atoms with Gasteiger partial charge in [0.05, 0.1) is 55.0 Å². The summed E-state index contributed by atoms with van der Waals surface area (Å²) >= 11 is 12.6. The van der Waals surface area contributed by atoms with Gasteiger partial charge in [-0.2, -0.15) is 17.5 Å². The van der Waals surface area contributed by atoms with Gasteiger partial charge in [-0.05, 0) is 111 Å². The third-order valence-corrected chi connectivity index (χ3v) is 22.2. The molecule has 0 spiro atoms. The number of hydrogen-bond donors (Lipinski definition) is 0. The fraction of sp³-hybridized carbons (Fsp3) is 0.357. The Labute approximate surface area is 446 Å². The van der Waals surface area contributed by atoms with E-state index in [-0.39, 0.29) is 11.6 Å². The summed E-state index contributed by atoms with van der Waals surface area (Å²) in [7, 11) is 0. The van der Waals surface area contributed by atoms with Crippen molar-refractivity contribution in [2.24, 2.45) is 5.92 Å². The second kappa shape index (κ2) is 21.8. The fourth-order valence-corrected chi connectivity index (χ4v) is 17.9. The Kier molecular flexibility index (Phi) is 15.1. The molecule has 1 unspecified atom stereocenters. The quantitative estimate of drug-likeness (QED) is 0.0635. The highest BCUT2D eigenvalue weighted by Crippen LogP contribution is 2.51. The maximum absolute atomic E-state index is 17.0. The number of halogens is 2. The van der Waals surface area contributed by atoms with Crippen LogP contribution in [0.4, 0.5) is 8.78 Å². The SMILES string of the molecule is CCCCCCc1ccc(-c2ccc(-c3cc(F)c(-c4cc5c(s4)c4sc(-c6c(F)cc(-c7ccc(-c8ccc(CCCCCC)s8)s7)c7nsnc67)cc4n5CC(CC)CCCC)c4nsnc34)s2)s1. The van der Waals surface area contributed by atoms with Crippen molar-refractivity contribution in [2.75, 3.05) is 0 Å². The molecule has 0 radical (unpaired) electrons. The lowest BCUT2D eigenvalue weighted by Gasteiger charge is -2.16. The van der Waals surface area contributed by atoms with Crippen LogP contribution in [0.25, 0.3) is 104 Å². The molecule has 366 valence electrons. The van der Waals surface area contributed by atoms with Gasteiger partial charge in [-0.15, -0.1) is 68.0 Å². The molecule has 1 atom stereocenters. The van der Waals surface area contributed by atoms with Gasteiger partial charge in [0, 0.05) is 66.4 Å². The Morgan fingerprint density at radius 2 is 0.887 bits per heavy atom. The zero-order valence-corrected chi connectivity index (χ0v) is 46.9. The number of aromatic nitrogens is 5. The van der Waals surface area contributed by atoms with Crippen molar-refractivity contribution in [3.63, 3.8) is 0 Å². The predicted octanol–water partition coefficient (Wildman–Crippen LogP) is 20.9. The zero-order valence-electron chi connectivity index (χ0n) is 40.4. The van der Waals surface area contributed by atoms with E-state index < -0.39 is 0 Å². The summed E-state index contributed by atoms with van der Waals surface area (Å²) in [6.07, 6.45) is 16.7. The molecule has 0 aliphatic heterocycles. The summed E-state index contributed by atoms with van der Waals surface area (Å²) in [4.78, 5) is 11.3. The first-order chi connectivity index (χ1) is 34.8. The monoisotopic (exact) mass is 1090 g/mol. The lowest BCUT2D eigenvalue weighted by atomic mass is 9.99. The molecule has 0 aliphatic carbocycles. The van der Waals surface area contributed by atoms with E-state index in [1.807, 2.05) is 22.7 Å². The highest BCUT2D eigenvalue weighted by molar-refractivity contribution is 7.30. The molecule has 0 aliphatic rings. The highest BCUT2D eigenvalue weighted by atomic mass is 32.1. The Morgan fingerprint density at radius 3 is 1.35 bits per heavy atom. The minimum Gasteiger partial charge on any atom is -0.339 e. The zero-order chi connectivity index (χ0) is 48.6. The van der Waals surface area contributed by atoms with Crippen LogP contribution in [0.3, 0.4) is 0 Å². The smallest absolute Gasteiger partial charge is 0.134 e. The standard InChI is InChI=1S/C56H55F2N5S8/c1-5-9-12-14-17-33-19-21-43(64-33)45-25-23-41(66-45)35-27-37(57)49(53-51(35)59-70-61-53)47-29-39-55(68-47)56-40(63(39)31-32(8-4)16-11-7-3)30-48(69-56)50-38(58)28-36(52-54(50)62-71-60-52)42-24-26-46(67-42)44-22-20-34(65-44)18-15-13-10-6-2/h19-30,32H,5-18,31H2,1-4H3. The molecule has 0 fully saturated rings. The molecule has 11 aromatic rings. The van der Waals surface area contributed by atoms with Crippen LogP contribution in [0.1, 0.15) is 114 Å². The molecule has 0 saturated heterocycles. The number of rotatable bonds is 22. The Bertz CT molecular complexity index is 3380. The molecule has 5 nitrogen and oxygen atoms in total. The summed E-state index contributed by atoms with van der Waals surface area (Å²) < 4.78 is 57.7. The predicted molar refractivity (Wildman–Crippen MR) is 310 cm³/mol. The first-order valence-corrected chi connectivity index (χ1v) is 31.5. The summed E-state index contributed by atoms with van der Waals surface area (Å²) in [5.74, 6) is -0.143. The van der Waals surface area contributed by atoms with Gasteiger partial charge in [-0.1, -0.05) is 85.5 Å². The van der Waals surface area contributed by atoms with E-state index in [9.17, 15) is 0 Å². The summed E-state index contributed by atoms with van der Waals surface area (Å²) in [6.45, 7) is 9.84. The molecular formula is C56H55F2N5S8. The second-order valence-corrected chi connectivity index (χ2v) is 26.3. The van der Waals surface area contributed by atoms with E-state index in [1.165, 1.54) is 80.6 Å². The normalized spacial score (nSPS) is 12.6. The van der Waals surface area contributed by atoms with Crippen molar-refractivity contribution in [3.8, 4) is 61.3 Å². The van der Waals surface area contributed by atoms with Crippen molar-refractivity contribution in [1.82, 2.24) is 22.1 Å². The average molecular weight is 1090 g/mol. The maximum atomic E-state index is 17.0. The molecule has 0 saturated carbocycles. The van der Waals surface area contributed by atoms with Gasteiger partial charge >= 0.3 is 0 Å². The van der Waals surface area contributed by atoms with Crippen molar-refractivity contribution >= 4 is 134 Å². The number of fused-ring (bicyclic) bond motifs is 5. The highest BCUT2D eigenvalue weighted by Gasteiger charge is 2.28. The van der Waals surface area contributed by atoms with E-state index in [0.717, 1.165) is 131 Å². The van der Waals surface area contributed by atoms with Crippen LogP contribution in [0.2, 0.25) is 0 Å². The number of thiophene rings is 6. The number of unbranched alkanes of at least 4 members (excludes halogenated alkanes) is 7. The van der Waals surface area contributed by atoms with Crippen LogP contribution < -0.4 is 0 Å². The van der Waals surface area contributed by atoms with E-state index in [1.54, 1.807) is 57.5 Å². The van der Waals surface area contributed by atoms with Gasteiger partial charge in [0.25, 0.3) is 0 Å². The number of hydrogen-bond acceptors (Lipinski definition) is 12. The molecule has 15 heteroatoms. The molecule has 9 aromatic heterocycles. The Hall–Kier alpha value is -4.06. The van der Waals surface area contributed by atoms with E-state index in [4.69, 9.17) is 17.5 Å². The molecule has 2 aromatic carbocycles. The third kappa shape index (κ3) is 9.79. The van der Waals surface area contributed by atoms with Crippen LogP contribution in [-0.2, 0) is 19.4 Å². The molecule has 0 N–H and O–H groups in total. The van der Waals surface area contributed by atoms with Gasteiger partial charge in [0.15, 0.2) is 0 Å². The fourth-order valence-electron chi connectivity index (χ4n) is 9.87. The molecule has 0 amide bonds. The Morgan fingerprint density at radius 1 is 0.451 bits per heavy atom. The molecule has 11 rings (SSSR count). The molecular weight excluding hydrogens is 1040 g/mol. The first-order valence-electron chi connectivity index (χ1n) is 25.2. The number of benzene rings is 2. The lowest BCUT2D eigenvalue weighted by molar-refractivity contribution is 0.401. The summed E-state index contributed by atoms with van der Waals surface area (Å²) in [5, 5.41) is 0. The third-order valence-electron chi connectivity index (χ3n) is 13.8. The maximum Gasteiger partial charge on any atom is 0.134 e.